The highest BCUT2D eigenvalue weighted by atomic mass is 15.2. The van der Waals surface area contributed by atoms with Gasteiger partial charge in [-0.05, 0) is 12.6 Å². The standard InChI is InChI=1S/C6H11N3/c1-2-7-6-8-4-3-5-9-6/h3-8H,2H2,1H3. The van der Waals surface area contributed by atoms with Gasteiger partial charge in [-0.1, -0.05) is 6.92 Å². The van der Waals surface area contributed by atoms with Gasteiger partial charge in [0.2, 0.25) is 0 Å². The van der Waals surface area contributed by atoms with Crippen LogP contribution in [-0.4, -0.2) is 19.0 Å². The average molecular weight is 125 g/mol. The minimum absolute atomic E-state index is 0.0833. The Labute approximate surface area is 54.9 Å². The van der Waals surface area contributed by atoms with E-state index < -0.39 is 0 Å². The number of hydrogen-bond donors (Lipinski definition) is 2. The summed E-state index contributed by atoms with van der Waals surface area (Å²) in [6.45, 7) is 2.98. The molecule has 1 rings (SSSR count). The first-order chi connectivity index (χ1) is 4.43. The molecule has 3 heteroatoms. The number of aliphatic imine (C=N–C) groups is 1. The zero-order valence-corrected chi connectivity index (χ0v) is 5.46. The molecule has 0 radical (unpaired) electrons. The minimum Gasteiger partial charge on any atom is -0.358 e. The molecule has 2 N–H and O–H groups in total. The van der Waals surface area contributed by atoms with Gasteiger partial charge in [0.25, 0.3) is 0 Å². The molecule has 0 saturated heterocycles. The van der Waals surface area contributed by atoms with Crippen LogP contribution in [0.4, 0.5) is 0 Å². The zero-order chi connectivity index (χ0) is 6.53. The van der Waals surface area contributed by atoms with E-state index in [1.165, 1.54) is 0 Å². The van der Waals surface area contributed by atoms with E-state index in [-0.39, 0.29) is 6.29 Å². The summed E-state index contributed by atoms with van der Waals surface area (Å²) in [4.78, 5) is 4.09. The SMILES string of the molecule is CCNC1N=CC=CN1. The van der Waals surface area contributed by atoms with Crippen LogP contribution in [-0.2, 0) is 0 Å². The normalized spacial score (nSPS) is 23.9. The molecule has 0 amide bonds. The number of nitrogens with zero attached hydrogens (tertiary/aromatic N) is 1. The molecular weight excluding hydrogens is 114 g/mol. The molecule has 0 fully saturated rings. The van der Waals surface area contributed by atoms with E-state index in [9.17, 15) is 0 Å². The highest BCUT2D eigenvalue weighted by Gasteiger charge is 1.99. The molecule has 0 bridgehead atoms. The van der Waals surface area contributed by atoms with E-state index in [1.807, 2.05) is 12.3 Å². The second kappa shape index (κ2) is 3.25. The summed E-state index contributed by atoms with van der Waals surface area (Å²) in [5.41, 5.74) is 0. The quantitative estimate of drug-likeness (QED) is 0.548. The van der Waals surface area contributed by atoms with Crippen LogP contribution in [0.1, 0.15) is 6.92 Å². The summed E-state index contributed by atoms with van der Waals surface area (Å²) in [6.07, 6.45) is 5.61. The highest BCUT2D eigenvalue weighted by Crippen LogP contribution is 1.84. The van der Waals surface area contributed by atoms with Crippen molar-refractivity contribution in [2.45, 2.75) is 13.2 Å². The Morgan fingerprint density at radius 3 is 3.22 bits per heavy atom. The fourth-order valence-corrected chi connectivity index (χ4v) is 0.674. The predicted molar refractivity (Wildman–Crippen MR) is 38.2 cm³/mol. The molecule has 0 aromatic rings. The number of hydrogen-bond acceptors (Lipinski definition) is 3. The van der Waals surface area contributed by atoms with E-state index in [0.29, 0.717) is 0 Å². The van der Waals surface area contributed by atoms with Gasteiger partial charge < -0.3 is 5.32 Å². The molecule has 3 nitrogen and oxygen atoms in total. The molecule has 9 heavy (non-hydrogen) atoms. The van der Waals surface area contributed by atoms with Crippen LogP contribution in [0, 0.1) is 0 Å². The molecule has 0 aromatic heterocycles. The van der Waals surface area contributed by atoms with Crippen molar-refractivity contribution < 1.29 is 0 Å². The second-order valence-corrected chi connectivity index (χ2v) is 1.78. The first-order valence-electron chi connectivity index (χ1n) is 3.11. The van der Waals surface area contributed by atoms with Gasteiger partial charge in [0.05, 0.1) is 0 Å². The Balaban J connectivity index is 2.28. The Morgan fingerprint density at radius 2 is 2.67 bits per heavy atom. The zero-order valence-electron chi connectivity index (χ0n) is 5.46. The van der Waals surface area contributed by atoms with E-state index in [2.05, 4.69) is 22.5 Å². The van der Waals surface area contributed by atoms with Gasteiger partial charge in [-0.3, -0.25) is 10.3 Å². The third-order valence-electron chi connectivity index (χ3n) is 1.07. The Kier molecular flexibility index (Phi) is 2.27. The number of allylic oxidation sites excluding steroid dienone is 1. The number of nitrogens with one attached hydrogen (secondary N) is 2. The van der Waals surface area contributed by atoms with Crippen LogP contribution in [0.3, 0.4) is 0 Å². The van der Waals surface area contributed by atoms with Crippen LogP contribution >= 0.6 is 0 Å². The topological polar surface area (TPSA) is 36.4 Å². The molecule has 50 valence electrons. The van der Waals surface area contributed by atoms with Crippen molar-refractivity contribution in [3.63, 3.8) is 0 Å². The fraction of sp³-hybridized carbons (Fsp3) is 0.500. The lowest BCUT2D eigenvalue weighted by molar-refractivity contribution is 0.502. The first-order valence-corrected chi connectivity index (χ1v) is 3.11. The van der Waals surface area contributed by atoms with Gasteiger partial charge in [0.15, 0.2) is 6.29 Å². The van der Waals surface area contributed by atoms with Crippen LogP contribution < -0.4 is 10.6 Å². The lowest BCUT2D eigenvalue weighted by Gasteiger charge is -2.14. The summed E-state index contributed by atoms with van der Waals surface area (Å²) >= 11 is 0. The molecule has 1 aliphatic heterocycles. The molecule has 1 atom stereocenters. The van der Waals surface area contributed by atoms with Crippen molar-refractivity contribution >= 4 is 6.21 Å². The molecule has 0 aromatic carbocycles. The van der Waals surface area contributed by atoms with Gasteiger partial charge in [-0.2, -0.15) is 0 Å². The van der Waals surface area contributed by atoms with E-state index in [4.69, 9.17) is 0 Å². The van der Waals surface area contributed by atoms with Crippen LogP contribution in [0.2, 0.25) is 0 Å². The third kappa shape index (κ3) is 1.85. The molecular formula is C6H11N3. The molecule has 0 aliphatic carbocycles. The van der Waals surface area contributed by atoms with E-state index >= 15 is 0 Å². The fourth-order valence-electron chi connectivity index (χ4n) is 0.674. The van der Waals surface area contributed by atoms with E-state index in [1.54, 1.807) is 6.21 Å². The number of rotatable bonds is 2. The van der Waals surface area contributed by atoms with Crippen molar-refractivity contribution in [3.05, 3.63) is 12.3 Å². The highest BCUT2D eigenvalue weighted by molar-refractivity contribution is 5.71. The van der Waals surface area contributed by atoms with Gasteiger partial charge in [0.1, 0.15) is 0 Å². The predicted octanol–water partition coefficient (Wildman–Crippen LogP) is 0.0672. The van der Waals surface area contributed by atoms with Gasteiger partial charge in [-0.25, -0.2) is 0 Å². The molecule has 1 heterocycles. The Hall–Kier alpha value is -0.830. The maximum atomic E-state index is 4.09. The van der Waals surface area contributed by atoms with Crippen molar-refractivity contribution in [1.82, 2.24) is 10.6 Å². The average Bonchev–Trinajstić information content (AvgIpc) is 1.91. The summed E-state index contributed by atoms with van der Waals surface area (Å²) in [6, 6.07) is 0. The maximum Gasteiger partial charge on any atom is 0.173 e. The van der Waals surface area contributed by atoms with Crippen molar-refractivity contribution in [3.8, 4) is 0 Å². The Bertz CT molecular complexity index is 128. The van der Waals surface area contributed by atoms with Crippen molar-refractivity contribution in [1.29, 1.82) is 0 Å². The molecule has 1 aliphatic rings. The lowest BCUT2D eigenvalue weighted by Crippen LogP contribution is -2.38. The van der Waals surface area contributed by atoms with Crippen LogP contribution in [0.15, 0.2) is 17.3 Å². The minimum atomic E-state index is 0.0833. The summed E-state index contributed by atoms with van der Waals surface area (Å²) < 4.78 is 0. The van der Waals surface area contributed by atoms with Crippen LogP contribution in [0.25, 0.3) is 0 Å². The lowest BCUT2D eigenvalue weighted by atomic mass is 10.5. The Morgan fingerprint density at radius 1 is 1.78 bits per heavy atom. The molecule has 0 spiro atoms. The maximum absolute atomic E-state index is 4.09. The monoisotopic (exact) mass is 125 g/mol. The van der Waals surface area contributed by atoms with Gasteiger partial charge >= 0.3 is 0 Å². The van der Waals surface area contributed by atoms with Crippen molar-refractivity contribution in [2.75, 3.05) is 6.54 Å². The largest absolute Gasteiger partial charge is 0.358 e. The van der Waals surface area contributed by atoms with Gasteiger partial charge in [-0.15, -0.1) is 0 Å². The molecule has 1 unspecified atom stereocenters. The summed E-state index contributed by atoms with van der Waals surface area (Å²) in [5, 5.41) is 6.15. The summed E-state index contributed by atoms with van der Waals surface area (Å²) in [5.74, 6) is 0. The van der Waals surface area contributed by atoms with Crippen molar-refractivity contribution in [2.24, 2.45) is 4.99 Å². The third-order valence-corrected chi connectivity index (χ3v) is 1.07. The first kappa shape index (κ1) is 6.29. The second-order valence-electron chi connectivity index (χ2n) is 1.78. The van der Waals surface area contributed by atoms with Gasteiger partial charge in [0, 0.05) is 12.4 Å². The smallest absolute Gasteiger partial charge is 0.173 e. The molecule has 0 saturated carbocycles. The van der Waals surface area contributed by atoms with Crippen LogP contribution in [0.5, 0.6) is 0 Å². The van der Waals surface area contributed by atoms with E-state index in [0.717, 1.165) is 6.54 Å². The summed E-state index contributed by atoms with van der Waals surface area (Å²) in [7, 11) is 0.